The summed E-state index contributed by atoms with van der Waals surface area (Å²) in [6.45, 7) is 2.01. The van der Waals surface area contributed by atoms with Crippen LogP contribution < -0.4 is 10.9 Å². The first-order valence-electron chi connectivity index (χ1n) is 6.43. The molecule has 2 aromatic rings. The van der Waals surface area contributed by atoms with E-state index in [-0.39, 0.29) is 23.1 Å². The summed E-state index contributed by atoms with van der Waals surface area (Å²) in [4.78, 5) is 22.8. The van der Waals surface area contributed by atoms with Gasteiger partial charge in [-0.05, 0) is 30.5 Å². The molecule has 1 fully saturated rings. The minimum atomic E-state index is -0.515. The van der Waals surface area contributed by atoms with Gasteiger partial charge in [-0.3, -0.25) is 19.4 Å². The molecule has 5 nitrogen and oxygen atoms in total. The fourth-order valence-corrected chi connectivity index (χ4v) is 2.18. The lowest BCUT2D eigenvalue weighted by Gasteiger charge is -2.08. The number of hydrogen-bond acceptors (Lipinski definition) is 2. The molecule has 104 valence electrons. The van der Waals surface area contributed by atoms with Crippen LogP contribution in [0, 0.1) is 17.7 Å². The average Bonchev–Trinajstić information content (AvgIpc) is 2.97. The molecule has 1 aromatic carbocycles. The molecule has 1 aliphatic rings. The van der Waals surface area contributed by atoms with Crippen molar-refractivity contribution in [3.05, 3.63) is 46.6 Å². The number of nitrogens with zero attached hydrogens (tertiary/aromatic N) is 1. The molecule has 1 saturated carbocycles. The van der Waals surface area contributed by atoms with Gasteiger partial charge in [0.05, 0.1) is 5.69 Å². The molecule has 3 rings (SSSR count). The van der Waals surface area contributed by atoms with Crippen LogP contribution in [0.15, 0.2) is 35.3 Å². The second kappa shape index (κ2) is 4.63. The quantitative estimate of drug-likeness (QED) is 0.898. The van der Waals surface area contributed by atoms with Crippen LogP contribution in [-0.4, -0.2) is 15.7 Å². The van der Waals surface area contributed by atoms with Crippen molar-refractivity contribution in [2.24, 2.45) is 11.8 Å². The van der Waals surface area contributed by atoms with Crippen molar-refractivity contribution >= 4 is 11.6 Å². The Hall–Kier alpha value is -2.37. The average molecular weight is 275 g/mol. The van der Waals surface area contributed by atoms with Crippen molar-refractivity contribution in [3.8, 4) is 5.69 Å². The lowest BCUT2D eigenvalue weighted by atomic mass is 10.2. The van der Waals surface area contributed by atoms with E-state index in [9.17, 15) is 14.0 Å². The highest BCUT2D eigenvalue weighted by Crippen LogP contribution is 2.38. The first kappa shape index (κ1) is 12.7. The molecular formula is C14H14FN3O2. The monoisotopic (exact) mass is 275 g/mol. The minimum Gasteiger partial charge on any atom is -0.326 e. The van der Waals surface area contributed by atoms with Crippen molar-refractivity contribution in [2.45, 2.75) is 13.3 Å². The number of hydrogen-bond donors (Lipinski definition) is 2. The molecule has 2 unspecified atom stereocenters. The van der Waals surface area contributed by atoms with Gasteiger partial charge in [0.1, 0.15) is 0 Å². The molecular weight excluding hydrogens is 261 g/mol. The number of anilines is 1. The normalized spacial score (nSPS) is 20.7. The van der Waals surface area contributed by atoms with Crippen molar-refractivity contribution < 1.29 is 9.18 Å². The SMILES string of the molecule is CC1CC1C(=O)Nc1ccc(-n2ccc(=O)[nH]2)c(F)c1. The number of halogens is 1. The highest BCUT2D eigenvalue weighted by molar-refractivity contribution is 5.94. The van der Waals surface area contributed by atoms with E-state index in [1.54, 1.807) is 6.07 Å². The van der Waals surface area contributed by atoms with E-state index in [4.69, 9.17) is 0 Å². The molecule has 1 aliphatic carbocycles. The highest BCUT2D eigenvalue weighted by atomic mass is 19.1. The maximum Gasteiger partial charge on any atom is 0.264 e. The zero-order valence-electron chi connectivity index (χ0n) is 10.9. The minimum absolute atomic E-state index is 0.0403. The number of H-pyrrole nitrogens is 1. The zero-order chi connectivity index (χ0) is 14.3. The van der Waals surface area contributed by atoms with Gasteiger partial charge in [0.25, 0.3) is 5.56 Å². The second-order valence-corrected chi connectivity index (χ2v) is 5.14. The van der Waals surface area contributed by atoms with Gasteiger partial charge >= 0.3 is 0 Å². The summed E-state index contributed by atoms with van der Waals surface area (Å²) < 4.78 is 15.3. The summed E-state index contributed by atoms with van der Waals surface area (Å²) in [6.07, 6.45) is 2.34. The lowest BCUT2D eigenvalue weighted by Crippen LogP contribution is -2.14. The van der Waals surface area contributed by atoms with Gasteiger partial charge in [-0.2, -0.15) is 0 Å². The molecule has 1 aromatic heterocycles. The van der Waals surface area contributed by atoms with Gasteiger partial charge in [0.15, 0.2) is 5.82 Å². The zero-order valence-corrected chi connectivity index (χ0v) is 10.9. The van der Waals surface area contributed by atoms with E-state index in [0.717, 1.165) is 6.42 Å². The lowest BCUT2D eigenvalue weighted by molar-refractivity contribution is -0.117. The Morgan fingerprint density at radius 1 is 1.45 bits per heavy atom. The van der Waals surface area contributed by atoms with Gasteiger partial charge in [-0.25, -0.2) is 4.39 Å². The Morgan fingerprint density at radius 3 is 2.75 bits per heavy atom. The van der Waals surface area contributed by atoms with Crippen LogP contribution in [0.25, 0.3) is 5.69 Å². The summed E-state index contributed by atoms with van der Waals surface area (Å²) in [5.41, 5.74) is 0.347. The number of aromatic amines is 1. The van der Waals surface area contributed by atoms with E-state index in [2.05, 4.69) is 10.4 Å². The van der Waals surface area contributed by atoms with Crippen LogP contribution >= 0.6 is 0 Å². The highest BCUT2D eigenvalue weighted by Gasteiger charge is 2.39. The molecule has 0 bridgehead atoms. The number of carbonyl (C=O) groups excluding carboxylic acids is 1. The fourth-order valence-electron chi connectivity index (χ4n) is 2.18. The maximum atomic E-state index is 14.0. The largest absolute Gasteiger partial charge is 0.326 e. The predicted molar refractivity (Wildman–Crippen MR) is 72.2 cm³/mol. The molecule has 20 heavy (non-hydrogen) atoms. The topological polar surface area (TPSA) is 66.9 Å². The van der Waals surface area contributed by atoms with Crippen LogP contribution in [0.5, 0.6) is 0 Å². The third-order valence-corrected chi connectivity index (χ3v) is 3.53. The second-order valence-electron chi connectivity index (χ2n) is 5.14. The molecule has 0 aliphatic heterocycles. The van der Waals surface area contributed by atoms with Gasteiger partial charge in [-0.1, -0.05) is 6.92 Å². The molecule has 1 heterocycles. The van der Waals surface area contributed by atoms with Gasteiger partial charge in [0.2, 0.25) is 5.91 Å². The fraction of sp³-hybridized carbons (Fsp3) is 0.286. The molecule has 2 atom stereocenters. The smallest absolute Gasteiger partial charge is 0.264 e. The number of nitrogens with one attached hydrogen (secondary N) is 2. The number of aromatic nitrogens is 2. The standard InChI is InChI=1S/C14H14FN3O2/c1-8-6-10(8)14(20)16-9-2-3-12(11(15)7-9)18-5-4-13(19)17-18/h2-5,7-8,10H,6H2,1H3,(H,16,20)(H,17,19). The molecule has 0 spiro atoms. The Kier molecular flexibility index (Phi) is 2.93. The summed E-state index contributed by atoms with van der Waals surface area (Å²) in [5.74, 6) is -0.139. The third-order valence-electron chi connectivity index (χ3n) is 3.53. The first-order valence-corrected chi connectivity index (χ1v) is 6.43. The van der Waals surface area contributed by atoms with Crippen LogP contribution in [0.2, 0.25) is 0 Å². The Morgan fingerprint density at radius 2 is 2.20 bits per heavy atom. The Bertz CT molecular complexity index is 719. The molecule has 6 heteroatoms. The first-order chi connectivity index (χ1) is 9.54. The predicted octanol–water partition coefficient (Wildman–Crippen LogP) is 1.90. The number of carbonyl (C=O) groups is 1. The number of benzene rings is 1. The Labute approximate surface area is 114 Å². The molecule has 0 saturated heterocycles. The van der Waals surface area contributed by atoms with E-state index >= 15 is 0 Å². The van der Waals surface area contributed by atoms with Crippen LogP contribution in [-0.2, 0) is 4.79 Å². The van der Waals surface area contributed by atoms with Crippen molar-refractivity contribution in [1.82, 2.24) is 9.78 Å². The van der Waals surface area contributed by atoms with Crippen molar-refractivity contribution in [2.75, 3.05) is 5.32 Å². The number of amides is 1. The van der Waals surface area contributed by atoms with E-state index in [1.165, 1.54) is 29.1 Å². The maximum absolute atomic E-state index is 14.0. The van der Waals surface area contributed by atoms with Crippen LogP contribution in [0.4, 0.5) is 10.1 Å². The van der Waals surface area contributed by atoms with Gasteiger partial charge in [0, 0.05) is 23.9 Å². The number of rotatable bonds is 3. The van der Waals surface area contributed by atoms with Gasteiger partial charge < -0.3 is 5.32 Å². The van der Waals surface area contributed by atoms with Gasteiger partial charge in [-0.15, -0.1) is 0 Å². The van der Waals surface area contributed by atoms with Crippen LogP contribution in [0.1, 0.15) is 13.3 Å². The summed E-state index contributed by atoms with van der Waals surface area (Å²) >= 11 is 0. The van der Waals surface area contributed by atoms with E-state index in [1.807, 2.05) is 6.92 Å². The summed E-state index contributed by atoms with van der Waals surface area (Å²) in [6, 6.07) is 5.68. The molecule has 2 N–H and O–H groups in total. The van der Waals surface area contributed by atoms with E-state index in [0.29, 0.717) is 11.6 Å². The van der Waals surface area contributed by atoms with Crippen LogP contribution in [0.3, 0.4) is 0 Å². The van der Waals surface area contributed by atoms with Crippen molar-refractivity contribution in [3.63, 3.8) is 0 Å². The molecule has 0 radical (unpaired) electrons. The molecule has 1 amide bonds. The summed E-state index contributed by atoms with van der Waals surface area (Å²) in [5, 5.41) is 5.16. The van der Waals surface area contributed by atoms with Crippen molar-refractivity contribution in [1.29, 1.82) is 0 Å². The third kappa shape index (κ3) is 2.36. The van der Waals surface area contributed by atoms with E-state index < -0.39 is 5.82 Å². The Balaban J connectivity index is 1.80. The summed E-state index contributed by atoms with van der Waals surface area (Å²) in [7, 11) is 0.